The van der Waals surface area contributed by atoms with Crippen LogP contribution in [-0.2, 0) is 0 Å². The third kappa shape index (κ3) is 10.9. The molecule has 0 aliphatic rings. The molecular formula is C96H74N4S2. The highest BCUT2D eigenvalue weighted by molar-refractivity contribution is 7.28. The van der Waals surface area contributed by atoms with Crippen LogP contribution < -0.4 is 19.6 Å². The minimum Gasteiger partial charge on any atom is -0.310 e. The number of aryl methyl sites for hydroxylation is 2. The van der Waals surface area contributed by atoms with Gasteiger partial charge in [0.15, 0.2) is 0 Å². The monoisotopic (exact) mass is 1350 g/mol. The lowest BCUT2D eigenvalue weighted by atomic mass is 9.96. The van der Waals surface area contributed by atoms with E-state index in [1.54, 1.807) is 0 Å². The second kappa shape index (κ2) is 25.7. The first kappa shape index (κ1) is 62.5. The number of fused-ring (bicyclic) bond motifs is 14. The van der Waals surface area contributed by atoms with Crippen molar-refractivity contribution in [1.29, 1.82) is 0 Å². The molecule has 0 spiro atoms. The van der Waals surface area contributed by atoms with E-state index in [1.165, 1.54) is 106 Å². The molecule has 0 aliphatic heterocycles. The van der Waals surface area contributed by atoms with Gasteiger partial charge in [0.2, 0.25) is 0 Å². The van der Waals surface area contributed by atoms with Gasteiger partial charge in [-0.3, -0.25) is 0 Å². The third-order valence-electron chi connectivity index (χ3n) is 20.7. The molecule has 0 radical (unpaired) electrons. The second-order valence-corrected chi connectivity index (χ2v) is 29.8. The normalized spacial score (nSPS) is 11.8. The zero-order valence-electron chi connectivity index (χ0n) is 57.9. The van der Waals surface area contributed by atoms with Crippen molar-refractivity contribution in [1.82, 2.24) is 0 Å². The van der Waals surface area contributed by atoms with Crippen molar-refractivity contribution >= 4 is 174 Å². The van der Waals surface area contributed by atoms with E-state index in [-0.39, 0.29) is 0 Å². The molecule has 16 aromatic carbocycles. The molecule has 0 saturated heterocycles. The Labute approximate surface area is 604 Å². The number of anilines is 12. The van der Waals surface area contributed by atoms with Crippen molar-refractivity contribution in [3.05, 3.63) is 350 Å². The molecule has 0 unspecified atom stereocenters. The highest BCUT2D eigenvalue weighted by Crippen LogP contribution is 2.54. The Morgan fingerprint density at radius 1 is 0.206 bits per heavy atom. The van der Waals surface area contributed by atoms with Gasteiger partial charge in [0, 0.05) is 129 Å². The fraction of sp³-hybridized carbons (Fsp3) is 0.0833. The van der Waals surface area contributed by atoms with Crippen LogP contribution in [0.3, 0.4) is 0 Å². The average molecular weight is 1350 g/mol. The van der Waals surface area contributed by atoms with Crippen LogP contribution in [0.1, 0.15) is 61.8 Å². The van der Waals surface area contributed by atoms with Gasteiger partial charge in [-0.1, -0.05) is 239 Å². The van der Waals surface area contributed by atoms with E-state index in [0.717, 1.165) is 79.4 Å². The maximum Gasteiger partial charge on any atom is 0.0547 e. The number of rotatable bonds is 15. The molecule has 490 valence electrons. The first-order chi connectivity index (χ1) is 50.1. The van der Waals surface area contributed by atoms with Gasteiger partial charge in [0.25, 0.3) is 0 Å². The summed E-state index contributed by atoms with van der Waals surface area (Å²) in [5.74, 6) is 0.821. The molecule has 18 aromatic rings. The quantitative estimate of drug-likeness (QED) is 0.101. The van der Waals surface area contributed by atoms with Gasteiger partial charge in [0.1, 0.15) is 0 Å². The van der Waals surface area contributed by atoms with Crippen LogP contribution in [-0.4, -0.2) is 0 Å². The highest BCUT2D eigenvalue weighted by atomic mass is 32.1. The minimum atomic E-state index is 0.402. The van der Waals surface area contributed by atoms with Crippen molar-refractivity contribution in [2.45, 2.75) is 53.4 Å². The molecule has 2 heterocycles. The zero-order chi connectivity index (χ0) is 68.7. The number of thiophene rings is 2. The van der Waals surface area contributed by atoms with Gasteiger partial charge in [-0.05, 0) is 175 Å². The third-order valence-corrected chi connectivity index (χ3v) is 23.2. The number of hydrogen-bond donors (Lipinski definition) is 0. The summed E-state index contributed by atoms with van der Waals surface area (Å²) in [4.78, 5) is 9.85. The van der Waals surface area contributed by atoms with Gasteiger partial charge in [-0.2, -0.15) is 0 Å². The van der Waals surface area contributed by atoms with Crippen LogP contribution in [0.2, 0.25) is 0 Å². The Balaban J connectivity index is 0.834. The van der Waals surface area contributed by atoms with Crippen LogP contribution >= 0.6 is 22.7 Å². The zero-order valence-corrected chi connectivity index (χ0v) is 59.6. The molecular weight excluding hydrogens is 1270 g/mol. The lowest BCUT2D eigenvalue weighted by Crippen LogP contribution is -2.11. The number of para-hydroxylation sites is 3. The van der Waals surface area contributed by atoms with Gasteiger partial charge in [-0.25, -0.2) is 0 Å². The summed E-state index contributed by atoms with van der Waals surface area (Å²) >= 11 is 3.83. The van der Waals surface area contributed by atoms with E-state index in [0.29, 0.717) is 11.8 Å². The maximum atomic E-state index is 2.49. The average Bonchev–Trinajstić information content (AvgIpc) is 1.54. The first-order valence-corrected chi connectivity index (χ1v) is 37.1. The lowest BCUT2D eigenvalue weighted by molar-refractivity contribution is 0.866. The summed E-state index contributed by atoms with van der Waals surface area (Å²) in [5.41, 5.74) is 20.8. The Morgan fingerprint density at radius 3 is 0.755 bits per heavy atom. The fourth-order valence-electron chi connectivity index (χ4n) is 15.4. The molecule has 0 amide bonds. The van der Waals surface area contributed by atoms with E-state index in [9.17, 15) is 0 Å². The Kier molecular flexibility index (Phi) is 15.8. The highest BCUT2D eigenvalue weighted by Gasteiger charge is 2.27. The molecule has 2 aromatic heterocycles. The maximum absolute atomic E-state index is 2.49. The molecule has 0 atom stereocenters. The van der Waals surface area contributed by atoms with Crippen molar-refractivity contribution < 1.29 is 0 Å². The van der Waals surface area contributed by atoms with Crippen molar-refractivity contribution in [3.8, 4) is 11.1 Å². The van der Waals surface area contributed by atoms with Crippen molar-refractivity contribution in [3.63, 3.8) is 0 Å². The van der Waals surface area contributed by atoms with Gasteiger partial charge >= 0.3 is 0 Å². The largest absolute Gasteiger partial charge is 0.310 e. The molecule has 102 heavy (non-hydrogen) atoms. The predicted octanol–water partition coefficient (Wildman–Crippen LogP) is 29.4. The van der Waals surface area contributed by atoms with Crippen LogP contribution in [0.15, 0.2) is 328 Å². The van der Waals surface area contributed by atoms with Crippen LogP contribution in [0.4, 0.5) is 68.2 Å². The molecule has 0 N–H and O–H groups in total. The molecule has 0 saturated carbocycles. The molecule has 4 nitrogen and oxygen atoms in total. The van der Waals surface area contributed by atoms with Crippen LogP contribution in [0.25, 0.3) is 94.6 Å². The smallest absolute Gasteiger partial charge is 0.0547 e. The standard InChI is InChI=1S/C96H74N4S2/c1-61(2)65-38-49-74(50-39-65)98(70-24-12-8-13-25-70)90-59-87-88-60-92(99(71-26-14-9-15-27-71)75-51-40-66(41-52-75)62(3)4)80-55-44-68(56-84(80)96(88)102-95(87)83-33-21-17-29-78(83)90)67-42-53-76(54-43-67)100(73-47-36-64(6)37-48-73)91-58-86-85-57-89(97(69-22-10-7-11-23-69)72-45-34-63(5)35-46-72)77-28-16-19-31-81(77)93(85)101-94(86)82-32-20-18-30-79(82)91/h7-62H,1-6H3. The Hall–Kier alpha value is -11.8. The predicted molar refractivity (Wildman–Crippen MR) is 444 cm³/mol. The minimum absolute atomic E-state index is 0.402. The van der Waals surface area contributed by atoms with Gasteiger partial charge in [-0.15, -0.1) is 22.7 Å². The van der Waals surface area contributed by atoms with Crippen LogP contribution in [0, 0.1) is 13.8 Å². The molecule has 0 fully saturated rings. The Morgan fingerprint density at radius 2 is 0.441 bits per heavy atom. The lowest BCUT2D eigenvalue weighted by Gasteiger charge is -2.28. The SMILES string of the molecule is Cc1ccc(N(c2ccccc2)c2cc3c4cc(N(c5ccc(C)cc5)c5ccc(-c6ccc7c(N(c8ccccc8)c8ccc(C(C)C)cc8)cc8c9cc(N(c%10ccccc%10)c%10ccc(C(C)C)cc%10)c%10ccccc%10c9sc8c7c6)cc5)c5ccccc5c4sc3c3ccccc23)cc1. The van der Waals surface area contributed by atoms with E-state index in [1.807, 2.05) is 22.7 Å². The van der Waals surface area contributed by atoms with E-state index in [2.05, 4.69) is 389 Å². The topological polar surface area (TPSA) is 13.0 Å². The van der Waals surface area contributed by atoms with E-state index >= 15 is 0 Å². The Bertz CT molecular complexity index is 6180. The van der Waals surface area contributed by atoms with E-state index in [4.69, 9.17) is 0 Å². The van der Waals surface area contributed by atoms with Crippen LogP contribution in [0.5, 0.6) is 0 Å². The summed E-state index contributed by atoms with van der Waals surface area (Å²) in [6.45, 7) is 13.4. The summed E-state index contributed by atoms with van der Waals surface area (Å²) in [5, 5.41) is 14.7. The second-order valence-electron chi connectivity index (χ2n) is 27.7. The molecule has 6 heteroatoms. The molecule has 18 rings (SSSR count). The summed E-state index contributed by atoms with van der Waals surface area (Å²) in [6.07, 6.45) is 0. The van der Waals surface area contributed by atoms with Gasteiger partial charge < -0.3 is 19.6 Å². The molecule has 0 aliphatic carbocycles. The molecule has 0 bridgehead atoms. The number of hydrogen-bond acceptors (Lipinski definition) is 6. The first-order valence-electron chi connectivity index (χ1n) is 35.5. The summed E-state index contributed by atoms with van der Waals surface area (Å²) in [7, 11) is 0. The van der Waals surface area contributed by atoms with Crippen molar-refractivity contribution in [2.75, 3.05) is 19.6 Å². The fourth-order valence-corrected chi connectivity index (χ4v) is 18.0. The van der Waals surface area contributed by atoms with E-state index < -0.39 is 0 Å². The summed E-state index contributed by atoms with van der Waals surface area (Å²) < 4.78 is 5.10. The van der Waals surface area contributed by atoms with Crippen molar-refractivity contribution in [2.24, 2.45) is 0 Å². The summed E-state index contributed by atoms with van der Waals surface area (Å²) in [6, 6.07) is 123. The van der Waals surface area contributed by atoms with Gasteiger partial charge in [0.05, 0.1) is 22.7 Å². The number of benzene rings is 16. The number of nitrogens with zero attached hydrogens (tertiary/aromatic N) is 4.